The van der Waals surface area contributed by atoms with E-state index in [-0.39, 0.29) is 35.2 Å². The van der Waals surface area contributed by atoms with Crippen molar-refractivity contribution >= 4 is 11.8 Å². The van der Waals surface area contributed by atoms with Gasteiger partial charge < -0.3 is 15.1 Å². The lowest BCUT2D eigenvalue weighted by atomic mass is 9.63. The maximum absolute atomic E-state index is 14.8. The Bertz CT molecular complexity index is 976. The molecule has 2 amide bonds. The Hall–Kier alpha value is -2.02. The third-order valence-electron chi connectivity index (χ3n) is 9.24. The van der Waals surface area contributed by atoms with Gasteiger partial charge in [0.15, 0.2) is 0 Å². The van der Waals surface area contributed by atoms with Crippen molar-refractivity contribution in [3.05, 3.63) is 35.4 Å². The van der Waals surface area contributed by atoms with E-state index in [0.717, 1.165) is 31.7 Å². The van der Waals surface area contributed by atoms with Crippen LogP contribution in [0.2, 0.25) is 0 Å². The number of carbonyl (C=O) groups is 2. The molecule has 1 N–H and O–H groups in total. The molecule has 37 heavy (non-hydrogen) atoms. The number of carbonyl (C=O) groups excluding carboxylic acids is 2. The van der Waals surface area contributed by atoms with E-state index in [4.69, 9.17) is 0 Å². The largest absolute Gasteiger partial charge is 0.351 e. The van der Waals surface area contributed by atoms with Gasteiger partial charge in [0.05, 0.1) is 5.41 Å². The summed E-state index contributed by atoms with van der Waals surface area (Å²) < 4.78 is 28.4. The monoisotopic (exact) mass is 517 g/mol. The van der Waals surface area contributed by atoms with Gasteiger partial charge in [-0.3, -0.25) is 9.59 Å². The van der Waals surface area contributed by atoms with E-state index in [2.05, 4.69) is 10.2 Å². The number of halogens is 2. The van der Waals surface area contributed by atoms with Crippen LogP contribution in [0.5, 0.6) is 0 Å². The van der Waals surface area contributed by atoms with E-state index in [9.17, 15) is 18.4 Å². The molecule has 1 heterocycles. The van der Waals surface area contributed by atoms with Gasteiger partial charge in [-0.05, 0) is 96.9 Å². The second kappa shape index (κ2) is 11.0. The second-order valence-electron chi connectivity index (χ2n) is 13.0. The summed E-state index contributed by atoms with van der Waals surface area (Å²) in [6.45, 7) is 7.17. The van der Waals surface area contributed by atoms with E-state index in [1.54, 1.807) is 0 Å². The molecule has 3 atom stereocenters. The number of hydrogen-bond acceptors (Lipinski definition) is 3. The lowest BCUT2D eigenvalue weighted by Crippen LogP contribution is -2.57. The second-order valence-corrected chi connectivity index (χ2v) is 13.0. The zero-order chi connectivity index (χ0) is 27.0. The van der Waals surface area contributed by atoms with Crippen LogP contribution >= 0.6 is 0 Å². The predicted molar refractivity (Wildman–Crippen MR) is 142 cm³/mol. The maximum atomic E-state index is 14.8. The van der Waals surface area contributed by atoms with E-state index >= 15 is 0 Å². The molecule has 5 nitrogen and oxygen atoms in total. The number of nitrogens with one attached hydrogen (secondary N) is 1. The van der Waals surface area contributed by atoms with Crippen molar-refractivity contribution < 1.29 is 18.4 Å². The minimum absolute atomic E-state index is 0.0477. The molecule has 0 radical (unpaired) electrons. The average molecular weight is 518 g/mol. The highest BCUT2D eigenvalue weighted by Crippen LogP contribution is 2.48. The van der Waals surface area contributed by atoms with Crippen LogP contribution in [0.1, 0.15) is 90.0 Å². The summed E-state index contributed by atoms with van der Waals surface area (Å²) >= 11 is 0. The number of benzene rings is 1. The quantitative estimate of drug-likeness (QED) is 0.562. The molecule has 1 aliphatic heterocycles. The molecule has 3 aliphatic rings. The Morgan fingerprint density at radius 1 is 1.03 bits per heavy atom. The highest BCUT2D eigenvalue weighted by atomic mass is 19.1. The molecule has 0 spiro atoms. The summed E-state index contributed by atoms with van der Waals surface area (Å²) in [5.41, 5.74) is -0.305. The van der Waals surface area contributed by atoms with Gasteiger partial charge >= 0.3 is 0 Å². The fourth-order valence-electron chi connectivity index (χ4n) is 7.15. The van der Waals surface area contributed by atoms with E-state index < -0.39 is 17.0 Å². The van der Waals surface area contributed by atoms with Crippen LogP contribution < -0.4 is 5.32 Å². The Morgan fingerprint density at radius 2 is 1.68 bits per heavy atom. The van der Waals surface area contributed by atoms with Crippen molar-refractivity contribution in [3.8, 4) is 0 Å². The summed E-state index contributed by atoms with van der Waals surface area (Å²) in [5, 5.41) is 3.26. The summed E-state index contributed by atoms with van der Waals surface area (Å²) in [7, 11) is 3.98. The van der Waals surface area contributed by atoms with Gasteiger partial charge in [-0.2, -0.15) is 0 Å². The molecule has 4 rings (SSSR count). The molecular formula is C30H45F2N3O2. The number of nitrogens with zero attached hydrogens (tertiary/aromatic N) is 2. The fourth-order valence-corrected chi connectivity index (χ4v) is 7.15. The van der Waals surface area contributed by atoms with Gasteiger partial charge in [0.25, 0.3) is 0 Å². The number of amides is 2. The molecule has 2 aliphatic carbocycles. The zero-order valence-electron chi connectivity index (χ0n) is 23.3. The van der Waals surface area contributed by atoms with Gasteiger partial charge in [-0.25, -0.2) is 8.78 Å². The first-order valence-corrected chi connectivity index (χ1v) is 14.1. The van der Waals surface area contributed by atoms with Crippen molar-refractivity contribution in [2.45, 2.75) is 96.1 Å². The molecule has 3 fully saturated rings. The number of piperidine rings is 1. The first-order valence-electron chi connectivity index (χ1n) is 14.1. The molecule has 1 aromatic rings. The molecular weight excluding hydrogens is 472 g/mol. The summed E-state index contributed by atoms with van der Waals surface area (Å²) in [5.74, 6) is -1.27. The maximum Gasteiger partial charge on any atom is 0.227 e. The van der Waals surface area contributed by atoms with Gasteiger partial charge in [-0.1, -0.05) is 25.3 Å². The van der Waals surface area contributed by atoms with Crippen molar-refractivity contribution in [1.82, 2.24) is 15.1 Å². The lowest BCUT2D eigenvalue weighted by molar-refractivity contribution is -0.148. The third kappa shape index (κ3) is 6.02. The van der Waals surface area contributed by atoms with Crippen LogP contribution in [0.25, 0.3) is 0 Å². The first-order chi connectivity index (χ1) is 17.4. The normalized spacial score (nSPS) is 26.9. The lowest BCUT2D eigenvalue weighted by Gasteiger charge is -2.48. The van der Waals surface area contributed by atoms with Gasteiger partial charge in [0.2, 0.25) is 11.8 Å². The Kier molecular flexibility index (Phi) is 8.32. The highest BCUT2D eigenvalue weighted by molar-refractivity contribution is 5.85. The van der Waals surface area contributed by atoms with Crippen molar-refractivity contribution in [2.24, 2.45) is 17.3 Å². The topological polar surface area (TPSA) is 52.7 Å². The van der Waals surface area contributed by atoms with Crippen molar-refractivity contribution in [1.29, 1.82) is 0 Å². The molecule has 2 unspecified atom stereocenters. The Balaban J connectivity index is 1.54. The predicted octanol–water partition coefficient (Wildman–Crippen LogP) is 5.49. The number of hydrogen-bond donors (Lipinski definition) is 1. The smallest absolute Gasteiger partial charge is 0.227 e. The highest BCUT2D eigenvalue weighted by Gasteiger charge is 2.50. The average Bonchev–Trinajstić information content (AvgIpc) is 3.28. The summed E-state index contributed by atoms with van der Waals surface area (Å²) in [6, 6.07) is 3.88. The van der Waals surface area contributed by atoms with Crippen molar-refractivity contribution in [3.63, 3.8) is 0 Å². The van der Waals surface area contributed by atoms with Gasteiger partial charge in [0, 0.05) is 36.7 Å². The number of likely N-dealkylation sites (tertiary alicyclic amines) is 1. The van der Waals surface area contributed by atoms with Gasteiger partial charge in [-0.15, -0.1) is 0 Å². The minimum Gasteiger partial charge on any atom is -0.351 e. The molecule has 2 saturated carbocycles. The minimum atomic E-state index is -0.602. The Morgan fingerprint density at radius 3 is 2.24 bits per heavy atom. The summed E-state index contributed by atoms with van der Waals surface area (Å²) in [4.78, 5) is 31.6. The molecule has 0 bridgehead atoms. The van der Waals surface area contributed by atoms with Crippen LogP contribution in [0.3, 0.4) is 0 Å². The van der Waals surface area contributed by atoms with Crippen LogP contribution in [-0.2, 0) is 9.59 Å². The summed E-state index contributed by atoms with van der Waals surface area (Å²) in [6.07, 6.45) is 8.37. The fraction of sp³-hybridized carbons (Fsp3) is 0.733. The van der Waals surface area contributed by atoms with Gasteiger partial charge in [0.1, 0.15) is 11.6 Å². The van der Waals surface area contributed by atoms with Crippen LogP contribution in [-0.4, -0.2) is 60.4 Å². The molecule has 1 saturated heterocycles. The zero-order valence-corrected chi connectivity index (χ0v) is 23.3. The van der Waals surface area contributed by atoms with Crippen LogP contribution in [0.4, 0.5) is 8.78 Å². The SMILES string of the molecule is CN(C)C1CC(C(=O)N2CCC(C(=O)NC(C)(C)C)(C3CCCCC3)CC2)[C@H](c2ccc(F)cc2F)C1. The van der Waals surface area contributed by atoms with Crippen LogP contribution in [0.15, 0.2) is 18.2 Å². The molecule has 0 aromatic heterocycles. The van der Waals surface area contributed by atoms with Crippen LogP contribution in [0, 0.1) is 28.9 Å². The van der Waals surface area contributed by atoms with E-state index in [1.807, 2.05) is 39.8 Å². The molecule has 1 aromatic carbocycles. The molecule has 206 valence electrons. The third-order valence-corrected chi connectivity index (χ3v) is 9.24. The van der Waals surface area contributed by atoms with E-state index in [1.165, 1.54) is 18.6 Å². The van der Waals surface area contributed by atoms with Crippen molar-refractivity contribution in [2.75, 3.05) is 27.2 Å². The first kappa shape index (κ1) is 28.0. The standard InChI is InChI=1S/C30H45F2N3O2/c1-29(2,3)33-28(37)30(20-9-7-6-8-10-20)13-15-35(16-14-30)27(36)25-19-22(34(4)5)18-24(25)23-12-11-21(31)17-26(23)32/h11-12,17,20,22,24-25H,6-10,13-16,18-19H2,1-5H3,(H,33,37)/t22?,24-,25?/m0/s1. The number of rotatable bonds is 5. The van der Waals surface area contributed by atoms with E-state index in [0.29, 0.717) is 50.3 Å². The molecule has 7 heteroatoms. The Labute approximate surface area is 221 Å².